The molecule has 1 heterocycles. The number of nitrogens with one attached hydrogen (secondary N) is 1. The Bertz CT molecular complexity index is 274. The van der Waals surface area contributed by atoms with Gasteiger partial charge in [-0.2, -0.15) is 0 Å². The van der Waals surface area contributed by atoms with E-state index < -0.39 is 0 Å². The van der Waals surface area contributed by atoms with E-state index >= 15 is 0 Å². The van der Waals surface area contributed by atoms with Crippen molar-refractivity contribution in [2.75, 3.05) is 6.67 Å². The molecular formula is C12H22N2O2. The molecule has 2 aliphatic rings. The van der Waals surface area contributed by atoms with E-state index in [1.165, 1.54) is 0 Å². The van der Waals surface area contributed by atoms with E-state index in [9.17, 15) is 9.90 Å². The quantitative estimate of drug-likeness (QED) is 0.734. The fourth-order valence-electron chi connectivity index (χ4n) is 2.67. The fourth-order valence-corrected chi connectivity index (χ4v) is 2.67. The van der Waals surface area contributed by atoms with Crippen molar-refractivity contribution in [1.29, 1.82) is 0 Å². The van der Waals surface area contributed by atoms with Crippen LogP contribution in [0.2, 0.25) is 0 Å². The summed E-state index contributed by atoms with van der Waals surface area (Å²) in [7, 11) is 0. The Morgan fingerprint density at radius 1 is 1.44 bits per heavy atom. The fraction of sp³-hybridized carbons (Fsp3) is 0.917. The number of carbonyl (C=O) groups excluding carboxylic acids is 1. The molecule has 0 aromatic carbocycles. The molecule has 1 saturated heterocycles. The Balaban J connectivity index is 1.99. The minimum absolute atomic E-state index is 0.153. The van der Waals surface area contributed by atoms with Gasteiger partial charge in [0.25, 0.3) is 0 Å². The minimum Gasteiger partial charge on any atom is -0.393 e. The molecular weight excluding hydrogens is 204 g/mol. The average molecular weight is 226 g/mol. The van der Waals surface area contributed by atoms with Crippen molar-refractivity contribution in [3.63, 3.8) is 0 Å². The maximum atomic E-state index is 12.2. The lowest BCUT2D eigenvalue weighted by Gasteiger charge is -2.33. The lowest BCUT2D eigenvalue weighted by atomic mass is 9.91. The van der Waals surface area contributed by atoms with Gasteiger partial charge in [0.1, 0.15) is 0 Å². The monoisotopic (exact) mass is 226 g/mol. The molecule has 1 saturated carbocycles. The highest BCUT2D eigenvalue weighted by atomic mass is 16.3. The Hall–Kier alpha value is -0.610. The van der Waals surface area contributed by atoms with Gasteiger partial charge in [0.2, 0.25) is 5.91 Å². The third kappa shape index (κ3) is 1.96. The molecule has 4 heteroatoms. The zero-order valence-electron chi connectivity index (χ0n) is 10.2. The number of carbonyl (C=O) groups is 1. The Morgan fingerprint density at radius 2 is 2.06 bits per heavy atom. The lowest BCUT2D eigenvalue weighted by Crippen LogP contribution is -2.45. The summed E-state index contributed by atoms with van der Waals surface area (Å²) in [6.45, 7) is 4.69. The molecule has 92 valence electrons. The van der Waals surface area contributed by atoms with Crippen molar-refractivity contribution < 1.29 is 9.90 Å². The highest BCUT2D eigenvalue weighted by molar-refractivity contribution is 5.88. The van der Waals surface area contributed by atoms with Crippen LogP contribution >= 0.6 is 0 Å². The van der Waals surface area contributed by atoms with Crippen LogP contribution in [-0.4, -0.2) is 40.3 Å². The third-order valence-electron chi connectivity index (χ3n) is 4.19. The number of amides is 1. The number of aliphatic hydroxyl groups is 1. The molecule has 1 amide bonds. The van der Waals surface area contributed by atoms with Gasteiger partial charge < -0.3 is 10.0 Å². The van der Waals surface area contributed by atoms with Crippen molar-refractivity contribution in [2.24, 2.45) is 0 Å². The van der Waals surface area contributed by atoms with Crippen LogP contribution < -0.4 is 5.32 Å². The van der Waals surface area contributed by atoms with Crippen molar-refractivity contribution in [1.82, 2.24) is 10.2 Å². The molecule has 1 unspecified atom stereocenters. The van der Waals surface area contributed by atoms with E-state index in [4.69, 9.17) is 0 Å². The summed E-state index contributed by atoms with van der Waals surface area (Å²) in [6.07, 6.45) is 4.22. The Morgan fingerprint density at radius 3 is 2.56 bits per heavy atom. The molecule has 16 heavy (non-hydrogen) atoms. The summed E-state index contributed by atoms with van der Waals surface area (Å²) in [4.78, 5) is 14.2. The number of hydrogen-bond acceptors (Lipinski definition) is 3. The number of nitrogens with zero attached hydrogens (tertiary/aromatic N) is 1. The predicted molar refractivity (Wildman–Crippen MR) is 61.8 cm³/mol. The van der Waals surface area contributed by atoms with E-state index in [0.29, 0.717) is 12.7 Å². The molecule has 1 aliphatic carbocycles. The van der Waals surface area contributed by atoms with Gasteiger partial charge >= 0.3 is 0 Å². The number of hydrogen-bond donors (Lipinski definition) is 2. The minimum atomic E-state index is -0.365. The van der Waals surface area contributed by atoms with Gasteiger partial charge in [0.05, 0.1) is 18.3 Å². The Kier molecular flexibility index (Phi) is 3.22. The molecule has 0 aromatic heterocycles. The van der Waals surface area contributed by atoms with Crippen LogP contribution in [0.4, 0.5) is 0 Å². The van der Waals surface area contributed by atoms with Gasteiger partial charge in [-0.3, -0.25) is 10.1 Å². The van der Waals surface area contributed by atoms with E-state index in [0.717, 1.165) is 32.1 Å². The lowest BCUT2D eigenvalue weighted by molar-refractivity contribution is -0.134. The molecule has 0 aromatic rings. The molecule has 0 radical (unpaired) electrons. The van der Waals surface area contributed by atoms with Crippen LogP contribution in [-0.2, 0) is 4.79 Å². The van der Waals surface area contributed by atoms with Crippen LogP contribution in [0.25, 0.3) is 0 Å². The standard InChI is InChI=1S/C12H22N2O2/c1-3-12(2)11(16)14(8-13-12)9-4-6-10(15)7-5-9/h9-10,13,15H,3-8H2,1-2H3. The summed E-state index contributed by atoms with van der Waals surface area (Å²) in [5.74, 6) is 0.233. The summed E-state index contributed by atoms with van der Waals surface area (Å²) >= 11 is 0. The van der Waals surface area contributed by atoms with Gasteiger partial charge in [-0.25, -0.2) is 0 Å². The molecule has 0 bridgehead atoms. The summed E-state index contributed by atoms with van der Waals surface area (Å²) in [5, 5.41) is 12.8. The second kappa shape index (κ2) is 4.34. The normalized spacial score (nSPS) is 40.4. The molecule has 2 rings (SSSR count). The van der Waals surface area contributed by atoms with E-state index in [-0.39, 0.29) is 17.6 Å². The zero-order chi connectivity index (χ0) is 11.8. The first-order valence-electron chi connectivity index (χ1n) is 6.31. The second-order valence-corrected chi connectivity index (χ2v) is 5.26. The van der Waals surface area contributed by atoms with E-state index in [1.54, 1.807) is 0 Å². The molecule has 4 nitrogen and oxygen atoms in total. The highest BCUT2D eigenvalue weighted by Crippen LogP contribution is 2.28. The summed E-state index contributed by atoms with van der Waals surface area (Å²) in [6, 6.07) is 0.330. The van der Waals surface area contributed by atoms with Crippen molar-refractivity contribution >= 4 is 5.91 Å². The maximum absolute atomic E-state index is 12.2. The summed E-state index contributed by atoms with van der Waals surface area (Å²) < 4.78 is 0. The third-order valence-corrected chi connectivity index (χ3v) is 4.19. The molecule has 1 atom stereocenters. The molecule has 2 fully saturated rings. The highest BCUT2D eigenvalue weighted by Gasteiger charge is 2.43. The van der Waals surface area contributed by atoms with Crippen LogP contribution in [0.5, 0.6) is 0 Å². The van der Waals surface area contributed by atoms with Gasteiger partial charge in [0.15, 0.2) is 0 Å². The van der Waals surface area contributed by atoms with Gasteiger partial charge in [-0.1, -0.05) is 6.92 Å². The molecule has 2 N–H and O–H groups in total. The van der Waals surface area contributed by atoms with Crippen molar-refractivity contribution in [3.8, 4) is 0 Å². The summed E-state index contributed by atoms with van der Waals surface area (Å²) in [5.41, 5.74) is -0.365. The second-order valence-electron chi connectivity index (χ2n) is 5.26. The van der Waals surface area contributed by atoms with Crippen LogP contribution in [0, 0.1) is 0 Å². The molecule has 0 spiro atoms. The first-order valence-corrected chi connectivity index (χ1v) is 6.31. The SMILES string of the molecule is CCC1(C)NCN(C2CCC(O)CC2)C1=O. The Labute approximate surface area is 97.0 Å². The largest absolute Gasteiger partial charge is 0.393 e. The van der Waals surface area contributed by atoms with E-state index in [2.05, 4.69) is 5.32 Å². The topological polar surface area (TPSA) is 52.6 Å². The van der Waals surface area contributed by atoms with Gasteiger partial charge in [-0.15, -0.1) is 0 Å². The average Bonchev–Trinajstić information content (AvgIpc) is 2.59. The first-order chi connectivity index (χ1) is 7.57. The number of rotatable bonds is 2. The van der Waals surface area contributed by atoms with Gasteiger partial charge in [0, 0.05) is 6.04 Å². The maximum Gasteiger partial charge on any atom is 0.243 e. The predicted octanol–water partition coefficient (Wildman–Crippen LogP) is 0.848. The first kappa shape index (κ1) is 11.9. The van der Waals surface area contributed by atoms with Crippen molar-refractivity contribution in [3.05, 3.63) is 0 Å². The number of aliphatic hydroxyl groups excluding tert-OH is 1. The van der Waals surface area contributed by atoms with E-state index in [1.807, 2.05) is 18.7 Å². The molecule has 1 aliphatic heterocycles. The van der Waals surface area contributed by atoms with Crippen LogP contribution in [0.1, 0.15) is 46.0 Å². The van der Waals surface area contributed by atoms with Gasteiger partial charge in [-0.05, 0) is 39.0 Å². The zero-order valence-corrected chi connectivity index (χ0v) is 10.2. The van der Waals surface area contributed by atoms with Crippen LogP contribution in [0.15, 0.2) is 0 Å². The van der Waals surface area contributed by atoms with Crippen molar-refractivity contribution in [2.45, 2.75) is 63.6 Å². The smallest absolute Gasteiger partial charge is 0.243 e. The van der Waals surface area contributed by atoms with Crippen LogP contribution in [0.3, 0.4) is 0 Å².